The first kappa shape index (κ1) is 18.7. The Kier molecular flexibility index (Phi) is 7.60. The minimum absolute atomic E-state index is 0. The molecule has 7 heteroatoms. The zero-order valence-corrected chi connectivity index (χ0v) is 11.9. The molecule has 0 atom stereocenters. The van der Waals surface area contributed by atoms with E-state index >= 15 is 0 Å². The van der Waals surface area contributed by atoms with Gasteiger partial charge in [-0.05, 0) is 30.7 Å². The molecule has 0 aromatic heterocycles. The number of alkyl halides is 3. The summed E-state index contributed by atoms with van der Waals surface area (Å²) >= 11 is 0. The van der Waals surface area contributed by atoms with Crippen LogP contribution in [0.1, 0.15) is 24.0 Å². The maximum Gasteiger partial charge on any atom is 0.416 e. The molecule has 0 aliphatic carbocycles. The summed E-state index contributed by atoms with van der Waals surface area (Å²) in [5, 5.41) is 0. The summed E-state index contributed by atoms with van der Waals surface area (Å²) in [6, 6.07) is 4.99. The lowest BCUT2D eigenvalue weighted by molar-refractivity contribution is -0.137. The minimum Gasteiger partial charge on any atom is -0.341 e. The summed E-state index contributed by atoms with van der Waals surface area (Å²) < 4.78 is 37.6. The van der Waals surface area contributed by atoms with Gasteiger partial charge in [0.1, 0.15) is 0 Å². The van der Waals surface area contributed by atoms with E-state index in [1.807, 2.05) is 0 Å². The van der Waals surface area contributed by atoms with E-state index in [1.54, 1.807) is 13.1 Å². The van der Waals surface area contributed by atoms with Crippen molar-refractivity contribution in [3.8, 4) is 0 Å². The number of nitrogens with zero attached hydrogens (tertiary/aromatic N) is 1. The maximum atomic E-state index is 12.5. The fourth-order valence-corrected chi connectivity index (χ4v) is 1.65. The molecule has 0 spiro atoms. The van der Waals surface area contributed by atoms with Crippen LogP contribution in [0, 0.1) is 0 Å². The highest BCUT2D eigenvalue weighted by atomic mass is 35.5. The number of amides is 1. The van der Waals surface area contributed by atoms with Crippen LogP contribution >= 0.6 is 12.4 Å². The van der Waals surface area contributed by atoms with Gasteiger partial charge in [-0.3, -0.25) is 4.79 Å². The number of nitrogens with two attached hydrogens (primary N) is 1. The molecule has 1 amide bonds. The third-order valence-electron chi connectivity index (χ3n) is 2.69. The molecule has 114 valence electrons. The highest BCUT2D eigenvalue weighted by Crippen LogP contribution is 2.29. The number of halogens is 4. The summed E-state index contributed by atoms with van der Waals surface area (Å²) in [4.78, 5) is 13.0. The molecule has 0 radical (unpaired) electrons. The third-order valence-corrected chi connectivity index (χ3v) is 2.69. The zero-order chi connectivity index (χ0) is 14.5. The van der Waals surface area contributed by atoms with Crippen molar-refractivity contribution in [2.24, 2.45) is 5.73 Å². The number of carbonyl (C=O) groups excluding carboxylic acids is 1. The van der Waals surface area contributed by atoms with Crippen LogP contribution in [0.4, 0.5) is 13.2 Å². The number of rotatable bonds is 5. The monoisotopic (exact) mass is 310 g/mol. The van der Waals surface area contributed by atoms with E-state index in [0.29, 0.717) is 24.9 Å². The second kappa shape index (κ2) is 8.11. The van der Waals surface area contributed by atoms with E-state index in [-0.39, 0.29) is 24.9 Å². The first-order valence-corrected chi connectivity index (χ1v) is 5.94. The van der Waals surface area contributed by atoms with Crippen molar-refractivity contribution in [3.63, 3.8) is 0 Å². The van der Waals surface area contributed by atoms with Crippen molar-refractivity contribution >= 4 is 18.3 Å². The van der Waals surface area contributed by atoms with Crippen LogP contribution in [0.3, 0.4) is 0 Å². The van der Waals surface area contributed by atoms with Gasteiger partial charge < -0.3 is 10.6 Å². The zero-order valence-electron chi connectivity index (χ0n) is 11.1. The third kappa shape index (κ3) is 5.79. The Balaban J connectivity index is 0.00000361. The van der Waals surface area contributed by atoms with Crippen molar-refractivity contribution in [2.75, 3.05) is 13.6 Å². The average Bonchev–Trinajstić information content (AvgIpc) is 2.35. The normalized spacial score (nSPS) is 10.8. The van der Waals surface area contributed by atoms with Gasteiger partial charge >= 0.3 is 6.18 Å². The van der Waals surface area contributed by atoms with E-state index in [4.69, 9.17) is 5.73 Å². The van der Waals surface area contributed by atoms with E-state index in [9.17, 15) is 18.0 Å². The number of hydrogen-bond acceptors (Lipinski definition) is 2. The molecule has 0 bridgehead atoms. The summed E-state index contributed by atoms with van der Waals surface area (Å²) in [5.41, 5.74) is 5.06. The second-order valence-corrected chi connectivity index (χ2v) is 4.34. The molecule has 1 aromatic rings. The predicted octanol–water partition coefficient (Wildman–Crippen LogP) is 2.82. The van der Waals surface area contributed by atoms with Gasteiger partial charge in [0.05, 0.1) is 5.56 Å². The quantitative estimate of drug-likeness (QED) is 0.909. The van der Waals surface area contributed by atoms with Crippen LogP contribution in [-0.2, 0) is 17.5 Å². The van der Waals surface area contributed by atoms with Crippen LogP contribution in [0.15, 0.2) is 24.3 Å². The van der Waals surface area contributed by atoms with E-state index < -0.39 is 11.7 Å². The first-order chi connectivity index (χ1) is 8.84. The Bertz CT molecular complexity index is 438. The Labute approximate surface area is 122 Å². The van der Waals surface area contributed by atoms with Crippen LogP contribution in [-0.4, -0.2) is 24.4 Å². The van der Waals surface area contributed by atoms with Gasteiger partial charge in [-0.1, -0.05) is 12.1 Å². The molecule has 1 rings (SSSR count). The lowest BCUT2D eigenvalue weighted by Crippen LogP contribution is -2.26. The molecule has 0 saturated carbocycles. The lowest BCUT2D eigenvalue weighted by Gasteiger charge is -2.18. The Hall–Kier alpha value is -1.27. The fourth-order valence-electron chi connectivity index (χ4n) is 1.65. The molecule has 0 saturated heterocycles. The molecule has 20 heavy (non-hydrogen) atoms. The van der Waals surface area contributed by atoms with Crippen molar-refractivity contribution in [1.82, 2.24) is 4.90 Å². The molecule has 3 nitrogen and oxygen atoms in total. The Morgan fingerprint density at radius 2 is 2.00 bits per heavy atom. The molecular formula is C13H18ClF3N2O. The molecule has 0 heterocycles. The Morgan fingerprint density at radius 3 is 2.55 bits per heavy atom. The largest absolute Gasteiger partial charge is 0.416 e. The topological polar surface area (TPSA) is 46.3 Å². The van der Waals surface area contributed by atoms with Crippen LogP contribution in [0.5, 0.6) is 0 Å². The standard InChI is InChI=1S/C13H17F3N2O.ClH/c1-18(12(19)6-3-7-17)9-10-4-2-5-11(8-10)13(14,15)16;/h2,4-5,8H,3,6-7,9,17H2,1H3;1H. The smallest absolute Gasteiger partial charge is 0.341 e. The molecular weight excluding hydrogens is 293 g/mol. The van der Waals surface area contributed by atoms with Gasteiger partial charge in [0, 0.05) is 20.0 Å². The molecule has 0 unspecified atom stereocenters. The van der Waals surface area contributed by atoms with Crippen LogP contribution < -0.4 is 5.73 Å². The van der Waals surface area contributed by atoms with Gasteiger partial charge in [0.15, 0.2) is 0 Å². The SMILES string of the molecule is CN(Cc1cccc(C(F)(F)F)c1)C(=O)CCCN.Cl. The molecule has 0 aliphatic heterocycles. The average molecular weight is 311 g/mol. The summed E-state index contributed by atoms with van der Waals surface area (Å²) in [6.45, 7) is 0.580. The second-order valence-electron chi connectivity index (χ2n) is 4.34. The highest BCUT2D eigenvalue weighted by molar-refractivity contribution is 5.85. The predicted molar refractivity (Wildman–Crippen MR) is 73.5 cm³/mol. The van der Waals surface area contributed by atoms with Gasteiger partial charge in [0.25, 0.3) is 0 Å². The Morgan fingerprint density at radius 1 is 1.35 bits per heavy atom. The summed E-state index contributed by atoms with van der Waals surface area (Å²) in [5.74, 6) is -0.122. The first-order valence-electron chi connectivity index (χ1n) is 5.94. The highest BCUT2D eigenvalue weighted by Gasteiger charge is 2.30. The van der Waals surface area contributed by atoms with Gasteiger partial charge in [0.2, 0.25) is 5.91 Å². The minimum atomic E-state index is -4.36. The van der Waals surface area contributed by atoms with E-state index in [2.05, 4.69) is 0 Å². The van der Waals surface area contributed by atoms with Crippen molar-refractivity contribution in [3.05, 3.63) is 35.4 Å². The fraction of sp³-hybridized carbons (Fsp3) is 0.462. The van der Waals surface area contributed by atoms with Crippen LogP contribution in [0.2, 0.25) is 0 Å². The molecule has 0 fully saturated rings. The number of carbonyl (C=O) groups is 1. The van der Waals surface area contributed by atoms with E-state index in [0.717, 1.165) is 12.1 Å². The van der Waals surface area contributed by atoms with Crippen molar-refractivity contribution in [2.45, 2.75) is 25.6 Å². The maximum absolute atomic E-state index is 12.5. The number of hydrogen-bond donors (Lipinski definition) is 1. The van der Waals surface area contributed by atoms with Crippen molar-refractivity contribution in [1.29, 1.82) is 0 Å². The lowest BCUT2D eigenvalue weighted by atomic mass is 10.1. The van der Waals surface area contributed by atoms with Crippen molar-refractivity contribution < 1.29 is 18.0 Å². The number of benzene rings is 1. The summed E-state index contributed by atoms with van der Waals surface area (Å²) in [6.07, 6.45) is -3.48. The van der Waals surface area contributed by atoms with E-state index in [1.165, 1.54) is 11.0 Å². The molecule has 2 N–H and O–H groups in total. The van der Waals surface area contributed by atoms with Gasteiger partial charge in [-0.2, -0.15) is 13.2 Å². The van der Waals surface area contributed by atoms with Crippen LogP contribution in [0.25, 0.3) is 0 Å². The van der Waals surface area contributed by atoms with Gasteiger partial charge in [-0.25, -0.2) is 0 Å². The molecule has 0 aliphatic rings. The molecule has 1 aromatic carbocycles. The summed E-state index contributed by atoms with van der Waals surface area (Å²) in [7, 11) is 1.57. The van der Waals surface area contributed by atoms with Gasteiger partial charge in [-0.15, -0.1) is 12.4 Å².